The van der Waals surface area contributed by atoms with Gasteiger partial charge in [0.1, 0.15) is 11.5 Å². The zero-order chi connectivity index (χ0) is 21.1. The Hall–Kier alpha value is -1.99. The van der Waals surface area contributed by atoms with Gasteiger partial charge in [-0.15, -0.1) is 0 Å². The summed E-state index contributed by atoms with van der Waals surface area (Å²) < 4.78 is 16.3. The molecule has 0 bridgehead atoms. The van der Waals surface area contributed by atoms with Crippen LogP contribution in [0.1, 0.15) is 32.8 Å². The molecule has 1 aromatic carbocycles. The zero-order valence-corrected chi connectivity index (χ0v) is 18.7. The van der Waals surface area contributed by atoms with Crippen molar-refractivity contribution in [1.82, 2.24) is 15.5 Å². The third kappa shape index (κ3) is 7.74. The average molecular weight is 407 g/mol. The average Bonchev–Trinajstić information content (AvgIpc) is 2.74. The van der Waals surface area contributed by atoms with Crippen molar-refractivity contribution in [2.75, 3.05) is 53.6 Å². The molecule has 0 radical (unpaired) electrons. The van der Waals surface area contributed by atoms with Crippen LogP contribution in [0.4, 0.5) is 0 Å². The first-order chi connectivity index (χ1) is 14.1. The molecule has 0 aromatic heterocycles. The molecule has 1 aromatic rings. The molecular formula is C22H38N4O3. The van der Waals surface area contributed by atoms with Gasteiger partial charge in [-0.25, -0.2) is 4.99 Å². The molecule has 0 spiro atoms. The van der Waals surface area contributed by atoms with Crippen molar-refractivity contribution < 1.29 is 14.2 Å². The molecule has 7 heteroatoms. The van der Waals surface area contributed by atoms with Gasteiger partial charge in [-0.3, -0.25) is 4.90 Å². The molecule has 0 amide bonds. The molecule has 1 aliphatic heterocycles. The van der Waals surface area contributed by atoms with Crippen LogP contribution in [0.2, 0.25) is 0 Å². The monoisotopic (exact) mass is 406 g/mol. The van der Waals surface area contributed by atoms with Crippen LogP contribution in [0.5, 0.6) is 11.5 Å². The molecule has 2 N–H and O–H groups in total. The van der Waals surface area contributed by atoms with E-state index in [4.69, 9.17) is 19.2 Å². The van der Waals surface area contributed by atoms with Crippen molar-refractivity contribution in [2.24, 2.45) is 10.9 Å². The normalized spacial score (nSPS) is 16.6. The molecule has 2 rings (SSSR count). The number of morpholine rings is 1. The summed E-state index contributed by atoms with van der Waals surface area (Å²) in [7, 11) is 3.33. The lowest BCUT2D eigenvalue weighted by Crippen LogP contribution is -2.51. The number of aliphatic imine (C=N–C) groups is 1. The smallest absolute Gasteiger partial charge is 0.191 e. The summed E-state index contributed by atoms with van der Waals surface area (Å²) in [6.45, 7) is 12.5. The van der Waals surface area contributed by atoms with Crippen molar-refractivity contribution in [3.05, 3.63) is 23.8 Å². The number of hydrogen-bond acceptors (Lipinski definition) is 5. The van der Waals surface area contributed by atoms with Crippen LogP contribution in [-0.4, -0.2) is 70.5 Å². The van der Waals surface area contributed by atoms with E-state index in [9.17, 15) is 0 Å². The highest BCUT2D eigenvalue weighted by Crippen LogP contribution is 2.25. The summed E-state index contributed by atoms with van der Waals surface area (Å²) in [5.41, 5.74) is 1.03. The number of ether oxygens (including phenoxy) is 3. The number of methoxy groups -OCH3 is 2. The van der Waals surface area contributed by atoms with Gasteiger partial charge in [-0.05, 0) is 31.4 Å². The molecule has 7 nitrogen and oxygen atoms in total. The largest absolute Gasteiger partial charge is 0.497 e. The fourth-order valence-electron chi connectivity index (χ4n) is 3.55. The van der Waals surface area contributed by atoms with E-state index in [2.05, 4.69) is 36.3 Å². The van der Waals surface area contributed by atoms with Crippen molar-refractivity contribution in [3.8, 4) is 11.5 Å². The van der Waals surface area contributed by atoms with Gasteiger partial charge < -0.3 is 24.8 Å². The topological polar surface area (TPSA) is 67.4 Å². The van der Waals surface area contributed by atoms with Crippen molar-refractivity contribution >= 4 is 5.96 Å². The minimum absolute atomic E-state index is 0.471. The van der Waals surface area contributed by atoms with Crippen molar-refractivity contribution in [3.63, 3.8) is 0 Å². The fraction of sp³-hybridized carbons (Fsp3) is 0.682. The maximum Gasteiger partial charge on any atom is 0.191 e. The predicted molar refractivity (Wildman–Crippen MR) is 118 cm³/mol. The molecule has 29 heavy (non-hydrogen) atoms. The van der Waals surface area contributed by atoms with Crippen molar-refractivity contribution in [1.29, 1.82) is 0 Å². The Balaban J connectivity index is 2.03. The molecule has 1 unspecified atom stereocenters. The lowest BCUT2D eigenvalue weighted by molar-refractivity contribution is 0.0132. The molecule has 164 valence electrons. The third-order valence-electron chi connectivity index (χ3n) is 5.06. The van der Waals surface area contributed by atoms with E-state index in [-0.39, 0.29) is 0 Å². The first-order valence-electron chi connectivity index (χ1n) is 10.6. The Bertz CT molecular complexity index is 630. The molecule has 1 atom stereocenters. The van der Waals surface area contributed by atoms with Gasteiger partial charge in [0.15, 0.2) is 5.96 Å². The second kappa shape index (κ2) is 12.5. The fourth-order valence-corrected chi connectivity index (χ4v) is 3.55. The van der Waals surface area contributed by atoms with Crippen LogP contribution in [0, 0.1) is 5.92 Å². The van der Waals surface area contributed by atoms with Gasteiger partial charge in [0.05, 0.1) is 34.0 Å². The second-order valence-corrected chi connectivity index (χ2v) is 7.69. The van der Waals surface area contributed by atoms with E-state index in [0.29, 0.717) is 18.5 Å². The van der Waals surface area contributed by atoms with E-state index in [0.717, 1.165) is 68.8 Å². The standard InChI is InChI=1S/C22H38N4O3/c1-6-23-22(24-15-18-7-8-20(27-4)14-21(18)28-5)25-16-19(13-17(2)3)26-9-11-29-12-10-26/h7-8,14,17,19H,6,9-13,15-16H2,1-5H3,(H2,23,24,25). The van der Waals surface area contributed by atoms with Gasteiger partial charge in [0, 0.05) is 43.9 Å². The van der Waals surface area contributed by atoms with Crippen LogP contribution < -0.4 is 20.1 Å². The highest BCUT2D eigenvalue weighted by Gasteiger charge is 2.22. The Morgan fingerprint density at radius 2 is 1.93 bits per heavy atom. The Morgan fingerprint density at radius 3 is 2.55 bits per heavy atom. The lowest BCUT2D eigenvalue weighted by Gasteiger charge is -2.35. The quantitative estimate of drug-likeness (QED) is 0.460. The number of nitrogens with one attached hydrogen (secondary N) is 2. The summed E-state index contributed by atoms with van der Waals surface area (Å²) >= 11 is 0. The van der Waals surface area contributed by atoms with Gasteiger partial charge >= 0.3 is 0 Å². The first kappa shape index (κ1) is 23.3. The van der Waals surface area contributed by atoms with Crippen LogP contribution in [0.3, 0.4) is 0 Å². The van der Waals surface area contributed by atoms with Gasteiger partial charge in [-0.1, -0.05) is 13.8 Å². The molecular weight excluding hydrogens is 368 g/mol. The number of benzene rings is 1. The SMILES string of the molecule is CCNC(=NCc1ccc(OC)cc1OC)NCC(CC(C)C)N1CCOCC1. The molecule has 1 heterocycles. The Labute approximate surface area is 175 Å². The van der Waals surface area contributed by atoms with Crippen molar-refractivity contribution in [2.45, 2.75) is 39.8 Å². The molecule has 0 saturated carbocycles. The highest BCUT2D eigenvalue weighted by molar-refractivity contribution is 5.79. The van der Waals surface area contributed by atoms with Crippen LogP contribution in [-0.2, 0) is 11.3 Å². The molecule has 1 saturated heterocycles. The summed E-state index contributed by atoms with van der Waals surface area (Å²) in [5.74, 6) is 3.04. The maximum absolute atomic E-state index is 5.53. The van der Waals surface area contributed by atoms with E-state index < -0.39 is 0 Å². The van der Waals surface area contributed by atoms with E-state index in [1.807, 2.05) is 18.2 Å². The first-order valence-corrected chi connectivity index (χ1v) is 10.6. The second-order valence-electron chi connectivity index (χ2n) is 7.69. The number of rotatable bonds is 10. The van der Waals surface area contributed by atoms with E-state index in [1.165, 1.54) is 0 Å². The Kier molecular flexibility index (Phi) is 10.1. The maximum atomic E-state index is 5.53. The molecule has 1 fully saturated rings. The number of nitrogens with zero attached hydrogens (tertiary/aromatic N) is 2. The summed E-state index contributed by atoms with van der Waals surface area (Å²) in [5, 5.41) is 6.90. The summed E-state index contributed by atoms with van der Waals surface area (Å²) in [6, 6.07) is 6.30. The summed E-state index contributed by atoms with van der Waals surface area (Å²) in [4.78, 5) is 7.31. The predicted octanol–water partition coefficient (Wildman–Crippen LogP) is 2.51. The van der Waals surface area contributed by atoms with Gasteiger partial charge in [-0.2, -0.15) is 0 Å². The van der Waals surface area contributed by atoms with Crippen LogP contribution in [0.15, 0.2) is 23.2 Å². The highest BCUT2D eigenvalue weighted by atomic mass is 16.5. The number of hydrogen-bond donors (Lipinski definition) is 2. The Morgan fingerprint density at radius 1 is 1.17 bits per heavy atom. The van der Waals surface area contributed by atoms with Gasteiger partial charge in [0.25, 0.3) is 0 Å². The molecule has 1 aliphatic rings. The van der Waals surface area contributed by atoms with E-state index >= 15 is 0 Å². The number of guanidine groups is 1. The minimum atomic E-state index is 0.471. The summed E-state index contributed by atoms with van der Waals surface area (Å²) in [6.07, 6.45) is 1.15. The zero-order valence-electron chi connectivity index (χ0n) is 18.7. The minimum Gasteiger partial charge on any atom is -0.497 e. The van der Waals surface area contributed by atoms with Crippen LogP contribution >= 0.6 is 0 Å². The van der Waals surface area contributed by atoms with Gasteiger partial charge in [0.2, 0.25) is 0 Å². The molecule has 0 aliphatic carbocycles. The third-order valence-corrected chi connectivity index (χ3v) is 5.06. The lowest BCUT2D eigenvalue weighted by atomic mass is 10.0. The van der Waals surface area contributed by atoms with E-state index in [1.54, 1.807) is 14.2 Å². The van der Waals surface area contributed by atoms with Crippen LogP contribution in [0.25, 0.3) is 0 Å².